The lowest BCUT2D eigenvalue weighted by molar-refractivity contribution is 0.501. The maximum Gasteiger partial charge on any atom is 0.104 e. The van der Waals surface area contributed by atoms with Crippen LogP contribution >= 0.6 is 0 Å². The average molecular weight is 675 g/mol. The third-order valence-electron chi connectivity index (χ3n) is 12.3. The molecule has 9 aromatic rings. The number of fused-ring (bicyclic) bond motifs is 17. The molecule has 3 atom stereocenters. The van der Waals surface area contributed by atoms with Gasteiger partial charge in [0.2, 0.25) is 0 Å². The number of benzene rings is 9. The van der Waals surface area contributed by atoms with Gasteiger partial charge in [-0.2, -0.15) is 0 Å². The maximum atomic E-state index is 4.12. The predicted molar refractivity (Wildman–Crippen MR) is 219 cm³/mol. The van der Waals surface area contributed by atoms with E-state index in [1.165, 1.54) is 99.2 Å². The van der Waals surface area contributed by atoms with Crippen LogP contribution in [0.4, 0.5) is 5.69 Å². The van der Waals surface area contributed by atoms with E-state index in [2.05, 4.69) is 193 Å². The van der Waals surface area contributed by atoms with E-state index >= 15 is 0 Å². The van der Waals surface area contributed by atoms with Crippen LogP contribution in [-0.4, -0.2) is 0 Å². The van der Waals surface area contributed by atoms with Crippen molar-refractivity contribution >= 4 is 38.0 Å². The van der Waals surface area contributed by atoms with Crippen molar-refractivity contribution in [2.24, 2.45) is 0 Å². The number of hydrogen-bond donors (Lipinski definition) is 2. The molecule has 2 aliphatic carbocycles. The van der Waals surface area contributed by atoms with Crippen LogP contribution in [0.5, 0.6) is 0 Å². The normalized spacial score (nSPS) is 19.1. The highest BCUT2D eigenvalue weighted by Gasteiger charge is 2.53. The van der Waals surface area contributed by atoms with Gasteiger partial charge in [-0.15, -0.1) is 0 Å². The highest BCUT2D eigenvalue weighted by molar-refractivity contribution is 6.26. The molecule has 248 valence electrons. The fourth-order valence-corrected chi connectivity index (χ4v) is 10.3. The molecule has 0 radical (unpaired) electrons. The lowest BCUT2D eigenvalue weighted by Gasteiger charge is -2.39. The molecule has 1 heterocycles. The molecule has 0 fully saturated rings. The van der Waals surface area contributed by atoms with E-state index in [4.69, 9.17) is 0 Å². The SMILES string of the molecule is c1ccc(C2NC(c3cccc4c3C3(c5ccccc5-c5cc6c7ccccc7c7ccccc7c6cc53)c3ccccc3-4)Nc3ccccc32)cc1. The molecule has 0 aromatic heterocycles. The Morgan fingerprint density at radius 2 is 0.906 bits per heavy atom. The Morgan fingerprint density at radius 1 is 0.377 bits per heavy atom. The number of nitrogens with one attached hydrogen (secondary N) is 2. The molecular formula is C51H34N2. The van der Waals surface area contributed by atoms with E-state index in [1.54, 1.807) is 0 Å². The van der Waals surface area contributed by atoms with Gasteiger partial charge in [-0.25, -0.2) is 0 Å². The second-order valence-electron chi connectivity index (χ2n) is 14.8. The first kappa shape index (κ1) is 29.1. The third kappa shape index (κ3) is 3.81. The van der Waals surface area contributed by atoms with Crippen LogP contribution in [0.2, 0.25) is 0 Å². The maximum absolute atomic E-state index is 4.12. The topological polar surface area (TPSA) is 24.1 Å². The van der Waals surface area contributed by atoms with E-state index < -0.39 is 5.41 Å². The van der Waals surface area contributed by atoms with Crippen molar-refractivity contribution < 1.29 is 0 Å². The smallest absolute Gasteiger partial charge is 0.104 e. The Morgan fingerprint density at radius 3 is 1.62 bits per heavy atom. The summed E-state index contributed by atoms with van der Waals surface area (Å²) in [5, 5.41) is 15.9. The van der Waals surface area contributed by atoms with Crippen LogP contribution < -0.4 is 10.6 Å². The highest BCUT2D eigenvalue weighted by atomic mass is 15.2. The number of para-hydroxylation sites is 1. The number of rotatable bonds is 2. The van der Waals surface area contributed by atoms with Gasteiger partial charge in [-0.05, 0) is 112 Å². The summed E-state index contributed by atoms with van der Waals surface area (Å²) in [6.07, 6.45) is -0.127. The van der Waals surface area contributed by atoms with E-state index in [-0.39, 0.29) is 12.2 Å². The van der Waals surface area contributed by atoms with Crippen LogP contribution in [-0.2, 0) is 5.41 Å². The summed E-state index contributed by atoms with van der Waals surface area (Å²) in [4.78, 5) is 0. The van der Waals surface area contributed by atoms with Gasteiger partial charge in [-0.1, -0.05) is 164 Å². The Hall–Kier alpha value is -6.48. The van der Waals surface area contributed by atoms with Gasteiger partial charge < -0.3 is 5.32 Å². The standard InChI is InChI=1S/C51H34N2/c1-2-15-31(16-3-1)49-39-23-10-13-28-47(39)52-50(53-49)40-25-14-24-38-36-21-8-11-26-44(36)51(48(38)40)45-27-12-9-22-37(45)43-29-41-34-19-6-4-17-32(34)33-18-5-7-20-35(33)42(41)30-46(43)51/h1-30,49-50,52-53H. The molecule has 12 rings (SSSR count). The summed E-state index contributed by atoms with van der Waals surface area (Å²) in [7, 11) is 0. The Bertz CT molecular complexity index is 2980. The Labute approximate surface area is 308 Å². The zero-order valence-corrected chi connectivity index (χ0v) is 29.0. The summed E-state index contributed by atoms with van der Waals surface area (Å²) >= 11 is 0. The fourth-order valence-electron chi connectivity index (χ4n) is 10.3. The van der Waals surface area contributed by atoms with Gasteiger partial charge >= 0.3 is 0 Å². The summed E-state index contributed by atoms with van der Waals surface area (Å²) in [6.45, 7) is 0. The second kappa shape index (κ2) is 10.8. The minimum Gasteiger partial charge on any atom is -0.366 e. The Kier molecular flexibility index (Phi) is 5.92. The summed E-state index contributed by atoms with van der Waals surface area (Å²) in [6, 6.07) is 67.9. The molecule has 0 saturated carbocycles. The fraction of sp³-hybridized carbons (Fsp3) is 0.0588. The van der Waals surface area contributed by atoms with Crippen LogP contribution in [0.3, 0.4) is 0 Å². The summed E-state index contributed by atoms with van der Waals surface area (Å²) in [5.74, 6) is 0. The summed E-state index contributed by atoms with van der Waals surface area (Å²) in [5.41, 5.74) is 15.2. The van der Waals surface area contributed by atoms with Crippen molar-refractivity contribution in [3.05, 3.63) is 221 Å². The van der Waals surface area contributed by atoms with E-state index in [0.717, 1.165) is 0 Å². The molecule has 1 aliphatic heterocycles. The van der Waals surface area contributed by atoms with Gasteiger partial charge in [0.1, 0.15) is 6.17 Å². The van der Waals surface area contributed by atoms with Crippen LogP contribution in [0, 0.1) is 0 Å². The van der Waals surface area contributed by atoms with Crippen LogP contribution in [0.1, 0.15) is 51.2 Å². The Balaban J connectivity index is 1.19. The molecule has 0 bridgehead atoms. The quantitative estimate of drug-likeness (QED) is 0.178. The first-order chi connectivity index (χ1) is 26.3. The zero-order chi connectivity index (χ0) is 34.7. The van der Waals surface area contributed by atoms with Gasteiger partial charge in [0.25, 0.3) is 0 Å². The van der Waals surface area contributed by atoms with Gasteiger partial charge in [0.05, 0.1) is 11.5 Å². The van der Waals surface area contributed by atoms with Crippen molar-refractivity contribution in [1.29, 1.82) is 0 Å². The average Bonchev–Trinajstić information content (AvgIpc) is 3.70. The third-order valence-corrected chi connectivity index (χ3v) is 12.3. The van der Waals surface area contributed by atoms with Crippen molar-refractivity contribution in [1.82, 2.24) is 5.32 Å². The number of hydrogen-bond acceptors (Lipinski definition) is 2. The van der Waals surface area contributed by atoms with Crippen molar-refractivity contribution in [2.45, 2.75) is 17.6 Å². The lowest BCUT2D eigenvalue weighted by atomic mass is 9.68. The molecule has 0 amide bonds. The van der Waals surface area contributed by atoms with Crippen molar-refractivity contribution in [3.8, 4) is 22.3 Å². The minimum atomic E-state index is -0.502. The molecule has 9 aromatic carbocycles. The van der Waals surface area contributed by atoms with Crippen LogP contribution in [0.15, 0.2) is 182 Å². The highest BCUT2D eigenvalue weighted by Crippen LogP contribution is 2.65. The van der Waals surface area contributed by atoms with Gasteiger partial charge in [0.15, 0.2) is 0 Å². The second-order valence-corrected chi connectivity index (χ2v) is 14.8. The first-order valence-electron chi connectivity index (χ1n) is 18.7. The zero-order valence-electron chi connectivity index (χ0n) is 29.0. The molecule has 1 spiro atoms. The van der Waals surface area contributed by atoms with Gasteiger partial charge in [0, 0.05) is 5.69 Å². The predicted octanol–water partition coefficient (Wildman–Crippen LogP) is 12.3. The lowest BCUT2D eigenvalue weighted by Crippen LogP contribution is -2.39. The molecular weight excluding hydrogens is 641 g/mol. The largest absolute Gasteiger partial charge is 0.366 e. The molecule has 2 heteroatoms. The molecule has 3 aliphatic rings. The van der Waals surface area contributed by atoms with Crippen LogP contribution in [0.25, 0.3) is 54.6 Å². The molecule has 53 heavy (non-hydrogen) atoms. The van der Waals surface area contributed by atoms with Crippen molar-refractivity contribution in [2.75, 3.05) is 5.32 Å². The molecule has 3 unspecified atom stereocenters. The van der Waals surface area contributed by atoms with E-state index in [0.29, 0.717) is 0 Å². The van der Waals surface area contributed by atoms with E-state index in [9.17, 15) is 0 Å². The molecule has 2 N–H and O–H groups in total. The number of anilines is 1. The monoisotopic (exact) mass is 674 g/mol. The molecule has 0 saturated heterocycles. The summed E-state index contributed by atoms with van der Waals surface area (Å²) < 4.78 is 0. The van der Waals surface area contributed by atoms with Gasteiger partial charge in [-0.3, -0.25) is 5.32 Å². The van der Waals surface area contributed by atoms with E-state index in [1.807, 2.05) is 0 Å². The minimum absolute atomic E-state index is 0.0426. The first-order valence-corrected chi connectivity index (χ1v) is 18.7. The van der Waals surface area contributed by atoms with Crippen molar-refractivity contribution in [3.63, 3.8) is 0 Å². The molecule has 2 nitrogen and oxygen atoms in total.